The minimum atomic E-state index is -3.89. The molecule has 1 aliphatic heterocycles. The van der Waals surface area contributed by atoms with Crippen LogP contribution in [-0.2, 0) is 19.9 Å². The number of primary amides is 1. The summed E-state index contributed by atoms with van der Waals surface area (Å²) in [6.45, 7) is -0.219. The predicted octanol–water partition coefficient (Wildman–Crippen LogP) is -1.21. The highest BCUT2D eigenvalue weighted by Crippen LogP contribution is 2.24. The largest absolute Gasteiger partial charge is 0.398 e. The first-order valence-corrected chi connectivity index (χ1v) is 9.29. The van der Waals surface area contributed by atoms with Gasteiger partial charge in [-0.15, -0.1) is 0 Å². The van der Waals surface area contributed by atoms with Crippen molar-refractivity contribution >= 4 is 31.5 Å². The van der Waals surface area contributed by atoms with E-state index in [-0.39, 0.29) is 40.7 Å². The highest BCUT2D eigenvalue weighted by atomic mass is 32.2. The molecule has 8 nitrogen and oxygen atoms in total. The Morgan fingerprint density at radius 3 is 2.24 bits per heavy atom. The number of carbonyl (C=O) groups excluding carboxylic acids is 1. The van der Waals surface area contributed by atoms with Crippen LogP contribution in [0.4, 0.5) is 5.69 Å². The Morgan fingerprint density at radius 1 is 1.19 bits per heavy atom. The van der Waals surface area contributed by atoms with Crippen LogP contribution in [0.3, 0.4) is 0 Å². The van der Waals surface area contributed by atoms with Crippen LogP contribution in [0.2, 0.25) is 0 Å². The second-order valence-corrected chi connectivity index (χ2v) is 8.88. The van der Waals surface area contributed by atoms with Gasteiger partial charge in [0.25, 0.3) is 0 Å². The van der Waals surface area contributed by atoms with Crippen LogP contribution in [0, 0.1) is 0 Å². The van der Waals surface area contributed by atoms with Crippen molar-refractivity contribution in [3.8, 4) is 0 Å². The Kier molecular flexibility index (Phi) is 3.95. The van der Waals surface area contributed by atoms with Crippen LogP contribution in [0.15, 0.2) is 23.1 Å². The van der Waals surface area contributed by atoms with Gasteiger partial charge >= 0.3 is 0 Å². The Labute approximate surface area is 122 Å². The zero-order valence-corrected chi connectivity index (χ0v) is 12.7. The lowest BCUT2D eigenvalue weighted by molar-refractivity contribution is 0.1000. The van der Waals surface area contributed by atoms with E-state index in [4.69, 9.17) is 11.5 Å². The minimum Gasteiger partial charge on any atom is -0.398 e. The Hall–Kier alpha value is -1.65. The van der Waals surface area contributed by atoms with Crippen molar-refractivity contribution in [3.63, 3.8) is 0 Å². The lowest BCUT2D eigenvalue weighted by atomic mass is 10.2. The van der Waals surface area contributed by atoms with Crippen LogP contribution < -0.4 is 11.5 Å². The van der Waals surface area contributed by atoms with Gasteiger partial charge in [-0.1, -0.05) is 0 Å². The zero-order valence-electron chi connectivity index (χ0n) is 11.0. The molecule has 10 heteroatoms. The molecule has 1 fully saturated rings. The summed E-state index contributed by atoms with van der Waals surface area (Å²) < 4.78 is 48.6. The van der Waals surface area contributed by atoms with E-state index in [2.05, 4.69) is 0 Å². The summed E-state index contributed by atoms with van der Waals surface area (Å²) in [5.74, 6) is -1.15. The summed E-state index contributed by atoms with van der Waals surface area (Å²) in [6, 6.07) is 3.66. The molecule has 0 radical (unpaired) electrons. The van der Waals surface area contributed by atoms with E-state index < -0.39 is 25.8 Å². The van der Waals surface area contributed by atoms with E-state index in [9.17, 15) is 21.6 Å². The topological polar surface area (TPSA) is 141 Å². The Bertz CT molecular complexity index is 772. The van der Waals surface area contributed by atoms with E-state index in [1.165, 1.54) is 18.2 Å². The van der Waals surface area contributed by atoms with Gasteiger partial charge in [0.05, 0.1) is 17.2 Å². The average molecular weight is 333 g/mol. The fraction of sp³-hybridized carbons (Fsp3) is 0.364. The van der Waals surface area contributed by atoms with Crippen LogP contribution in [-0.4, -0.2) is 51.6 Å². The molecule has 0 spiro atoms. The number of nitrogens with zero attached hydrogens (tertiary/aromatic N) is 1. The van der Waals surface area contributed by atoms with Gasteiger partial charge in [-0.2, -0.15) is 4.31 Å². The Morgan fingerprint density at radius 2 is 1.76 bits per heavy atom. The number of sulfone groups is 1. The molecule has 0 saturated carbocycles. The maximum absolute atomic E-state index is 12.4. The highest BCUT2D eigenvalue weighted by molar-refractivity contribution is 7.92. The molecule has 1 aromatic rings. The smallest absolute Gasteiger partial charge is 0.248 e. The van der Waals surface area contributed by atoms with Gasteiger partial charge in [0, 0.05) is 18.7 Å². The Balaban J connectivity index is 2.34. The fourth-order valence-corrected chi connectivity index (χ4v) is 4.98. The van der Waals surface area contributed by atoms with E-state index >= 15 is 0 Å². The first-order chi connectivity index (χ1) is 9.63. The lowest BCUT2D eigenvalue weighted by Crippen LogP contribution is -2.43. The molecular formula is C11H15N3O5S2. The van der Waals surface area contributed by atoms with Crippen LogP contribution in [0.25, 0.3) is 0 Å². The number of hydrogen-bond acceptors (Lipinski definition) is 6. The summed E-state index contributed by atoms with van der Waals surface area (Å²) in [4.78, 5) is 10.9. The number of rotatable bonds is 3. The van der Waals surface area contributed by atoms with Crippen molar-refractivity contribution < 1.29 is 21.6 Å². The molecule has 0 aliphatic carbocycles. The number of amides is 1. The van der Waals surface area contributed by atoms with Gasteiger partial charge < -0.3 is 11.5 Å². The van der Waals surface area contributed by atoms with Crippen LogP contribution in [0.5, 0.6) is 0 Å². The number of anilines is 1. The van der Waals surface area contributed by atoms with E-state index in [1.807, 2.05) is 0 Å². The first-order valence-electron chi connectivity index (χ1n) is 6.03. The summed E-state index contributed by atoms with van der Waals surface area (Å²) in [5, 5.41) is 0. The molecule has 4 N–H and O–H groups in total. The molecule has 0 bridgehead atoms. The van der Waals surface area contributed by atoms with Crippen molar-refractivity contribution in [2.24, 2.45) is 5.73 Å². The van der Waals surface area contributed by atoms with Crippen molar-refractivity contribution in [1.82, 2.24) is 4.31 Å². The highest BCUT2D eigenvalue weighted by Gasteiger charge is 2.32. The summed E-state index contributed by atoms with van der Waals surface area (Å²) >= 11 is 0. The molecule has 2 rings (SSSR count). The summed E-state index contributed by atoms with van der Waals surface area (Å²) in [6.07, 6.45) is 0. The molecule has 21 heavy (non-hydrogen) atoms. The predicted molar refractivity (Wildman–Crippen MR) is 76.8 cm³/mol. The third kappa shape index (κ3) is 3.17. The molecule has 1 aromatic carbocycles. The molecule has 116 valence electrons. The summed E-state index contributed by atoms with van der Waals surface area (Å²) in [5.41, 5.74) is 10.8. The van der Waals surface area contributed by atoms with Gasteiger partial charge in [-0.3, -0.25) is 4.79 Å². The van der Waals surface area contributed by atoms with Gasteiger partial charge in [0.15, 0.2) is 9.84 Å². The maximum Gasteiger partial charge on any atom is 0.248 e. The lowest BCUT2D eigenvalue weighted by Gasteiger charge is -2.26. The van der Waals surface area contributed by atoms with Crippen molar-refractivity contribution in [3.05, 3.63) is 23.8 Å². The zero-order chi connectivity index (χ0) is 15.8. The molecular weight excluding hydrogens is 318 g/mol. The van der Waals surface area contributed by atoms with Crippen molar-refractivity contribution in [1.29, 1.82) is 0 Å². The fourth-order valence-electron chi connectivity index (χ4n) is 2.01. The summed E-state index contributed by atoms with van der Waals surface area (Å²) in [7, 11) is -7.08. The standard InChI is InChI=1S/C11H15N3O5S2/c12-9-7-8(11(13)15)1-2-10(9)21(18,19)14-3-5-20(16,17)6-4-14/h1-2,7H,3-6,12H2,(H2,13,15). The third-order valence-electron chi connectivity index (χ3n) is 3.22. The normalized spacial score (nSPS) is 19.2. The van der Waals surface area contributed by atoms with Gasteiger partial charge in [-0.05, 0) is 18.2 Å². The van der Waals surface area contributed by atoms with Gasteiger partial charge in [0.2, 0.25) is 15.9 Å². The van der Waals surface area contributed by atoms with Crippen LogP contribution in [0.1, 0.15) is 10.4 Å². The van der Waals surface area contributed by atoms with E-state index in [1.54, 1.807) is 0 Å². The van der Waals surface area contributed by atoms with Crippen molar-refractivity contribution in [2.45, 2.75) is 4.90 Å². The number of hydrogen-bond donors (Lipinski definition) is 2. The molecule has 0 unspecified atom stereocenters. The number of benzene rings is 1. The number of nitrogen functional groups attached to an aromatic ring is 1. The maximum atomic E-state index is 12.4. The molecule has 1 saturated heterocycles. The van der Waals surface area contributed by atoms with Crippen molar-refractivity contribution in [2.75, 3.05) is 30.3 Å². The molecule has 1 heterocycles. The van der Waals surface area contributed by atoms with Gasteiger partial charge in [0.1, 0.15) is 4.90 Å². The monoisotopic (exact) mass is 333 g/mol. The molecule has 0 aromatic heterocycles. The average Bonchev–Trinajstić information content (AvgIpc) is 2.37. The third-order valence-corrected chi connectivity index (χ3v) is 6.80. The number of carbonyl (C=O) groups is 1. The quantitative estimate of drug-likeness (QED) is 0.665. The molecule has 0 atom stereocenters. The number of nitrogens with two attached hydrogens (primary N) is 2. The minimum absolute atomic E-state index is 0.0975. The SMILES string of the molecule is NC(=O)c1ccc(S(=O)(=O)N2CCS(=O)(=O)CC2)c(N)c1. The van der Waals surface area contributed by atoms with Gasteiger partial charge in [-0.25, -0.2) is 16.8 Å². The number of sulfonamides is 1. The van der Waals surface area contributed by atoms with E-state index in [0.717, 1.165) is 4.31 Å². The first kappa shape index (κ1) is 15.7. The second-order valence-electron chi connectivity index (χ2n) is 4.67. The molecule has 1 aliphatic rings. The van der Waals surface area contributed by atoms with E-state index in [0.29, 0.717) is 0 Å². The molecule has 1 amide bonds. The second kappa shape index (κ2) is 5.28. The van der Waals surface area contributed by atoms with Crippen LogP contribution >= 0.6 is 0 Å².